The molecule has 0 spiro atoms. The number of hydrogen-bond acceptors (Lipinski definition) is 3. The van der Waals surface area contributed by atoms with Crippen LogP contribution in [0.4, 0.5) is 0 Å². The third kappa shape index (κ3) is 6.17. The zero-order valence-corrected chi connectivity index (χ0v) is 5.36. The van der Waals surface area contributed by atoms with Crippen LogP contribution < -0.4 is 5.90 Å². The van der Waals surface area contributed by atoms with Gasteiger partial charge >= 0.3 is 0 Å². The molecule has 0 aromatic carbocycles. The Morgan fingerprint density at radius 1 is 1.38 bits per heavy atom. The molecule has 0 aromatic rings. The number of rotatable bonds is 5. The second kappa shape index (κ2) is 7.17. The Bertz CT molecular complexity index is 39.0. The van der Waals surface area contributed by atoms with E-state index >= 15 is 0 Å². The summed E-state index contributed by atoms with van der Waals surface area (Å²) < 4.78 is 0. The SMILES string of the molecule is NOOCCCCCl. The highest BCUT2D eigenvalue weighted by Crippen LogP contribution is 1.90. The molecule has 50 valence electrons. The molecule has 0 radical (unpaired) electrons. The second-order valence-electron chi connectivity index (χ2n) is 1.31. The van der Waals surface area contributed by atoms with Gasteiger partial charge in [0.15, 0.2) is 0 Å². The third-order valence-electron chi connectivity index (χ3n) is 0.679. The molecule has 0 atom stereocenters. The van der Waals surface area contributed by atoms with Crippen LogP contribution in [0.15, 0.2) is 0 Å². The van der Waals surface area contributed by atoms with E-state index in [9.17, 15) is 0 Å². The minimum Gasteiger partial charge on any atom is -0.218 e. The zero-order chi connectivity index (χ0) is 6.24. The normalized spacial score (nSPS) is 9.75. The Labute approximate surface area is 53.6 Å². The summed E-state index contributed by atoms with van der Waals surface area (Å²) in [6, 6.07) is 0. The molecule has 2 N–H and O–H groups in total. The molecule has 0 aromatic heterocycles. The molecule has 0 unspecified atom stereocenters. The molecule has 3 nitrogen and oxygen atoms in total. The molecule has 0 bridgehead atoms. The Hall–Kier alpha value is 0.170. The molecule has 0 saturated carbocycles. The van der Waals surface area contributed by atoms with Crippen LogP contribution in [0.25, 0.3) is 0 Å². The molecule has 0 amide bonds. The third-order valence-corrected chi connectivity index (χ3v) is 0.947. The molecule has 0 aliphatic rings. The van der Waals surface area contributed by atoms with Gasteiger partial charge in [0.2, 0.25) is 0 Å². The van der Waals surface area contributed by atoms with Gasteiger partial charge in [-0.05, 0) is 12.8 Å². The summed E-state index contributed by atoms with van der Waals surface area (Å²) in [6.45, 7) is 0.517. The van der Waals surface area contributed by atoms with E-state index in [1.54, 1.807) is 0 Å². The van der Waals surface area contributed by atoms with Crippen LogP contribution in [-0.2, 0) is 9.88 Å². The van der Waals surface area contributed by atoms with Crippen molar-refractivity contribution in [3.63, 3.8) is 0 Å². The van der Waals surface area contributed by atoms with Gasteiger partial charge in [-0.15, -0.1) is 16.6 Å². The smallest absolute Gasteiger partial charge is 0.0842 e. The summed E-state index contributed by atoms with van der Waals surface area (Å²) in [6.07, 6.45) is 1.83. The van der Waals surface area contributed by atoms with E-state index in [4.69, 9.17) is 11.6 Å². The molecule has 0 aliphatic heterocycles. The largest absolute Gasteiger partial charge is 0.218 e. The molecular weight excluding hydrogens is 130 g/mol. The Kier molecular flexibility index (Phi) is 7.32. The Morgan fingerprint density at radius 3 is 2.62 bits per heavy atom. The van der Waals surface area contributed by atoms with Crippen molar-refractivity contribution in [2.24, 2.45) is 5.90 Å². The van der Waals surface area contributed by atoms with E-state index in [1.165, 1.54) is 0 Å². The van der Waals surface area contributed by atoms with Crippen LogP contribution in [0.5, 0.6) is 0 Å². The average Bonchev–Trinajstić information content (AvgIpc) is 1.81. The van der Waals surface area contributed by atoms with Gasteiger partial charge < -0.3 is 0 Å². The van der Waals surface area contributed by atoms with Gasteiger partial charge in [0.1, 0.15) is 0 Å². The van der Waals surface area contributed by atoms with Gasteiger partial charge in [-0.3, -0.25) is 0 Å². The van der Waals surface area contributed by atoms with Crippen molar-refractivity contribution in [2.75, 3.05) is 12.5 Å². The van der Waals surface area contributed by atoms with Crippen molar-refractivity contribution in [2.45, 2.75) is 12.8 Å². The summed E-state index contributed by atoms with van der Waals surface area (Å²) >= 11 is 5.35. The molecule has 0 heterocycles. The maximum atomic E-state index is 5.35. The lowest BCUT2D eigenvalue weighted by Gasteiger charge is -1.94. The molecular formula is C4H10ClNO2. The fraction of sp³-hybridized carbons (Fsp3) is 1.00. The monoisotopic (exact) mass is 139 g/mol. The van der Waals surface area contributed by atoms with Gasteiger partial charge in [-0.25, -0.2) is 4.89 Å². The molecule has 8 heavy (non-hydrogen) atoms. The fourth-order valence-electron chi connectivity index (χ4n) is 0.304. The maximum absolute atomic E-state index is 5.35. The molecule has 0 rings (SSSR count). The van der Waals surface area contributed by atoms with Gasteiger partial charge in [0.05, 0.1) is 6.61 Å². The van der Waals surface area contributed by atoms with E-state index < -0.39 is 0 Å². The van der Waals surface area contributed by atoms with Crippen LogP contribution in [0.2, 0.25) is 0 Å². The number of nitrogens with two attached hydrogens (primary N) is 1. The lowest BCUT2D eigenvalue weighted by atomic mass is 10.4. The summed E-state index contributed by atoms with van der Waals surface area (Å²) in [4.78, 5) is 8.20. The van der Waals surface area contributed by atoms with Gasteiger partial charge in [0.25, 0.3) is 0 Å². The minimum atomic E-state index is 0.517. The molecule has 0 fully saturated rings. The van der Waals surface area contributed by atoms with Gasteiger partial charge in [0, 0.05) is 5.88 Å². The van der Waals surface area contributed by atoms with E-state index in [0.717, 1.165) is 12.8 Å². The van der Waals surface area contributed by atoms with E-state index in [-0.39, 0.29) is 0 Å². The summed E-state index contributed by atoms with van der Waals surface area (Å²) in [7, 11) is 0. The minimum absolute atomic E-state index is 0.517. The number of unbranched alkanes of at least 4 members (excludes halogenated alkanes) is 1. The predicted molar refractivity (Wildman–Crippen MR) is 31.2 cm³/mol. The van der Waals surface area contributed by atoms with E-state index in [0.29, 0.717) is 12.5 Å². The first kappa shape index (κ1) is 8.17. The first-order chi connectivity index (χ1) is 3.91. The fourth-order valence-corrected chi connectivity index (χ4v) is 0.493. The predicted octanol–water partition coefficient (Wildman–Crippen LogP) is 0.827. The topological polar surface area (TPSA) is 44.5 Å². The highest BCUT2D eigenvalue weighted by molar-refractivity contribution is 6.17. The van der Waals surface area contributed by atoms with Crippen LogP contribution in [-0.4, -0.2) is 12.5 Å². The highest BCUT2D eigenvalue weighted by atomic mass is 35.5. The maximum Gasteiger partial charge on any atom is 0.0842 e. The van der Waals surface area contributed by atoms with Crippen molar-refractivity contribution in [1.29, 1.82) is 0 Å². The van der Waals surface area contributed by atoms with E-state index in [2.05, 4.69) is 15.8 Å². The summed E-state index contributed by atoms with van der Waals surface area (Å²) in [5.41, 5.74) is 0. The van der Waals surface area contributed by atoms with Crippen LogP contribution in [0, 0.1) is 0 Å². The number of halogens is 1. The Balaban J connectivity index is 2.53. The Morgan fingerprint density at radius 2 is 2.12 bits per heavy atom. The number of alkyl halides is 1. The zero-order valence-electron chi connectivity index (χ0n) is 4.60. The van der Waals surface area contributed by atoms with Gasteiger partial charge in [-0.2, -0.15) is 5.90 Å². The average molecular weight is 140 g/mol. The quantitative estimate of drug-likeness (QED) is 0.266. The number of hydrogen-bond donors (Lipinski definition) is 1. The van der Waals surface area contributed by atoms with Crippen LogP contribution in [0.1, 0.15) is 12.8 Å². The van der Waals surface area contributed by atoms with Crippen molar-refractivity contribution in [1.82, 2.24) is 0 Å². The van der Waals surface area contributed by atoms with Crippen LogP contribution >= 0.6 is 11.6 Å². The highest BCUT2D eigenvalue weighted by Gasteiger charge is 1.84. The van der Waals surface area contributed by atoms with Crippen molar-refractivity contribution < 1.29 is 9.88 Å². The van der Waals surface area contributed by atoms with Gasteiger partial charge in [-0.1, -0.05) is 0 Å². The molecule has 0 aliphatic carbocycles. The molecule has 4 heteroatoms. The first-order valence-corrected chi connectivity index (χ1v) is 2.99. The van der Waals surface area contributed by atoms with Crippen LogP contribution in [0.3, 0.4) is 0 Å². The van der Waals surface area contributed by atoms with Crippen molar-refractivity contribution in [3.8, 4) is 0 Å². The second-order valence-corrected chi connectivity index (χ2v) is 1.69. The first-order valence-electron chi connectivity index (χ1n) is 2.46. The van der Waals surface area contributed by atoms with E-state index in [1.807, 2.05) is 0 Å². The summed E-state index contributed by atoms with van der Waals surface area (Å²) in [5, 5.41) is 0. The standard InChI is InChI=1S/C4H10ClNO2/c5-3-1-2-4-7-8-6/h1-4,6H2. The van der Waals surface area contributed by atoms with Crippen molar-refractivity contribution >= 4 is 11.6 Å². The van der Waals surface area contributed by atoms with Crippen molar-refractivity contribution in [3.05, 3.63) is 0 Å². The molecule has 0 saturated heterocycles. The lowest BCUT2D eigenvalue weighted by Crippen LogP contribution is -2.01. The lowest BCUT2D eigenvalue weighted by molar-refractivity contribution is -0.299. The summed E-state index contributed by atoms with van der Waals surface area (Å²) in [5.74, 6) is 5.22.